The number of benzene rings is 2. The van der Waals surface area contributed by atoms with Crippen LogP contribution in [-0.2, 0) is 4.74 Å². The maximum Gasteiger partial charge on any atom is 0.270 e. The number of nitro groups is 1. The van der Waals surface area contributed by atoms with Gasteiger partial charge in [-0.05, 0) is 37.1 Å². The van der Waals surface area contributed by atoms with Crippen LogP contribution in [0.5, 0.6) is 5.75 Å². The predicted molar refractivity (Wildman–Crippen MR) is 97.0 cm³/mol. The van der Waals surface area contributed by atoms with Crippen LogP contribution in [0.2, 0.25) is 5.02 Å². The fourth-order valence-electron chi connectivity index (χ4n) is 2.64. The Kier molecular flexibility index (Phi) is 5.70. The van der Waals surface area contributed by atoms with E-state index in [9.17, 15) is 14.9 Å². The number of halogens is 1. The summed E-state index contributed by atoms with van der Waals surface area (Å²) in [6.07, 6.45) is 1.97. The highest BCUT2D eigenvalue weighted by atomic mass is 35.5. The lowest BCUT2D eigenvalue weighted by Crippen LogP contribution is -2.18. The molecule has 2 aromatic carbocycles. The minimum absolute atomic E-state index is 0.0333. The molecule has 0 saturated carbocycles. The van der Waals surface area contributed by atoms with E-state index in [1.54, 1.807) is 18.2 Å². The third-order valence-corrected chi connectivity index (χ3v) is 4.19. The molecule has 8 heteroatoms. The van der Waals surface area contributed by atoms with Crippen LogP contribution in [0.15, 0.2) is 42.5 Å². The molecule has 1 atom stereocenters. The van der Waals surface area contributed by atoms with Crippen LogP contribution in [0.25, 0.3) is 0 Å². The average Bonchev–Trinajstić information content (AvgIpc) is 3.14. The number of ether oxygens (including phenoxy) is 2. The molecule has 1 saturated heterocycles. The van der Waals surface area contributed by atoms with Crippen molar-refractivity contribution in [2.75, 3.05) is 18.5 Å². The van der Waals surface area contributed by atoms with Gasteiger partial charge in [-0.15, -0.1) is 0 Å². The number of carbonyl (C=O) groups excluding carboxylic acids is 1. The van der Waals surface area contributed by atoms with Gasteiger partial charge in [-0.25, -0.2) is 0 Å². The number of rotatable bonds is 6. The fourth-order valence-corrected chi connectivity index (χ4v) is 2.81. The van der Waals surface area contributed by atoms with Gasteiger partial charge in [0.05, 0.1) is 16.7 Å². The molecule has 1 amide bonds. The highest BCUT2D eigenvalue weighted by molar-refractivity contribution is 6.31. The summed E-state index contributed by atoms with van der Waals surface area (Å²) in [6.45, 7) is 1.10. The summed E-state index contributed by atoms with van der Waals surface area (Å²) < 4.78 is 11.3. The first-order valence-electron chi connectivity index (χ1n) is 8.12. The minimum Gasteiger partial charge on any atom is -0.489 e. The topological polar surface area (TPSA) is 90.7 Å². The highest BCUT2D eigenvalue weighted by Crippen LogP contribution is 2.29. The van der Waals surface area contributed by atoms with Crippen LogP contribution in [-0.4, -0.2) is 30.1 Å². The summed E-state index contributed by atoms with van der Waals surface area (Å²) in [5.41, 5.74) is 0.412. The van der Waals surface area contributed by atoms with Gasteiger partial charge in [0.2, 0.25) is 0 Å². The molecule has 1 aliphatic heterocycles. The summed E-state index contributed by atoms with van der Waals surface area (Å²) >= 11 is 6.02. The normalized spacial score (nSPS) is 16.3. The van der Waals surface area contributed by atoms with Crippen molar-refractivity contribution in [3.8, 4) is 5.75 Å². The van der Waals surface area contributed by atoms with Gasteiger partial charge >= 0.3 is 0 Å². The average molecular weight is 377 g/mol. The van der Waals surface area contributed by atoms with E-state index in [2.05, 4.69) is 5.32 Å². The first-order valence-corrected chi connectivity index (χ1v) is 8.50. The summed E-state index contributed by atoms with van der Waals surface area (Å²) in [7, 11) is 0. The summed E-state index contributed by atoms with van der Waals surface area (Å²) in [4.78, 5) is 22.8. The second kappa shape index (κ2) is 8.16. The number of hydrogen-bond acceptors (Lipinski definition) is 5. The van der Waals surface area contributed by atoms with E-state index < -0.39 is 10.8 Å². The molecule has 26 heavy (non-hydrogen) atoms. The number of nitrogens with one attached hydrogen (secondary N) is 1. The Morgan fingerprint density at radius 1 is 1.35 bits per heavy atom. The Balaban J connectivity index is 1.75. The summed E-state index contributed by atoms with van der Waals surface area (Å²) in [6, 6.07) is 10.4. The van der Waals surface area contributed by atoms with Gasteiger partial charge in [0, 0.05) is 29.3 Å². The number of hydrogen-bond donors (Lipinski definition) is 1. The Morgan fingerprint density at radius 3 is 2.92 bits per heavy atom. The molecule has 0 aliphatic carbocycles. The summed E-state index contributed by atoms with van der Waals surface area (Å²) in [5, 5.41) is 14.0. The zero-order valence-electron chi connectivity index (χ0n) is 13.8. The molecule has 2 aromatic rings. The van der Waals surface area contributed by atoms with Gasteiger partial charge in [-0.3, -0.25) is 14.9 Å². The largest absolute Gasteiger partial charge is 0.489 e. The van der Waals surface area contributed by atoms with E-state index in [-0.39, 0.29) is 17.4 Å². The predicted octanol–water partition coefficient (Wildman–Crippen LogP) is 4.06. The van der Waals surface area contributed by atoms with Gasteiger partial charge in [0.1, 0.15) is 12.4 Å². The third-order valence-electron chi connectivity index (χ3n) is 3.96. The van der Waals surface area contributed by atoms with Crippen LogP contribution in [0.4, 0.5) is 11.4 Å². The lowest BCUT2D eigenvalue weighted by atomic mass is 10.2. The number of non-ortho nitro benzene ring substituents is 1. The van der Waals surface area contributed by atoms with E-state index in [1.807, 2.05) is 0 Å². The monoisotopic (exact) mass is 376 g/mol. The molecule has 0 radical (unpaired) electrons. The zero-order chi connectivity index (χ0) is 18.5. The number of nitro benzene ring substituents is 1. The maximum atomic E-state index is 12.5. The lowest BCUT2D eigenvalue weighted by Gasteiger charge is -2.15. The highest BCUT2D eigenvalue weighted by Gasteiger charge is 2.18. The van der Waals surface area contributed by atoms with Crippen molar-refractivity contribution >= 4 is 28.9 Å². The summed E-state index contributed by atoms with van der Waals surface area (Å²) in [5.74, 6) is -0.0263. The maximum absolute atomic E-state index is 12.5. The SMILES string of the molecule is O=C(Nc1cc(Cl)ccc1OC[C@H]1CCCO1)c1cccc([N+](=O)[O-])c1. The molecule has 0 spiro atoms. The molecule has 0 unspecified atom stereocenters. The zero-order valence-corrected chi connectivity index (χ0v) is 14.6. The molecule has 0 aromatic heterocycles. The molecule has 1 heterocycles. The van der Waals surface area contributed by atoms with Crippen LogP contribution < -0.4 is 10.1 Å². The van der Waals surface area contributed by atoms with Gasteiger partial charge in [-0.1, -0.05) is 17.7 Å². The van der Waals surface area contributed by atoms with E-state index in [0.29, 0.717) is 23.1 Å². The van der Waals surface area contributed by atoms with Gasteiger partial charge in [-0.2, -0.15) is 0 Å². The molecular weight excluding hydrogens is 360 g/mol. The molecule has 136 valence electrons. The first kappa shape index (κ1) is 18.2. The Hall–Kier alpha value is -2.64. The van der Waals surface area contributed by atoms with Gasteiger partial charge < -0.3 is 14.8 Å². The van der Waals surface area contributed by atoms with Crippen molar-refractivity contribution in [2.24, 2.45) is 0 Å². The van der Waals surface area contributed by atoms with E-state index in [0.717, 1.165) is 19.4 Å². The first-order chi connectivity index (χ1) is 12.5. The van der Waals surface area contributed by atoms with Gasteiger partial charge in [0.15, 0.2) is 0 Å². The van der Waals surface area contributed by atoms with Crippen molar-refractivity contribution in [3.63, 3.8) is 0 Å². The molecule has 3 rings (SSSR count). The fraction of sp³-hybridized carbons (Fsp3) is 0.278. The third kappa shape index (κ3) is 4.50. The molecule has 0 bridgehead atoms. The van der Waals surface area contributed by atoms with E-state index in [4.69, 9.17) is 21.1 Å². The van der Waals surface area contributed by atoms with Crippen molar-refractivity contribution < 1.29 is 19.2 Å². The van der Waals surface area contributed by atoms with Crippen molar-refractivity contribution in [1.82, 2.24) is 0 Å². The molecule has 1 fully saturated rings. The smallest absolute Gasteiger partial charge is 0.270 e. The van der Waals surface area contributed by atoms with E-state index >= 15 is 0 Å². The number of carbonyl (C=O) groups is 1. The minimum atomic E-state index is -0.549. The van der Waals surface area contributed by atoms with Crippen molar-refractivity contribution in [1.29, 1.82) is 0 Å². The molecule has 1 N–H and O–H groups in total. The number of anilines is 1. The standard InChI is InChI=1S/C18H17ClN2O5/c19-13-6-7-17(26-11-15-5-2-8-25-15)16(10-13)20-18(22)12-3-1-4-14(9-12)21(23)24/h1,3-4,6-7,9-10,15H,2,5,8,11H2,(H,20,22)/t15-/m1/s1. The Morgan fingerprint density at radius 2 is 2.19 bits per heavy atom. The molecule has 7 nitrogen and oxygen atoms in total. The van der Waals surface area contributed by atoms with Crippen LogP contribution in [0.3, 0.4) is 0 Å². The number of nitrogens with zero attached hydrogens (tertiary/aromatic N) is 1. The lowest BCUT2D eigenvalue weighted by molar-refractivity contribution is -0.384. The Labute approximate surface area is 155 Å². The second-order valence-electron chi connectivity index (χ2n) is 5.85. The van der Waals surface area contributed by atoms with Crippen LogP contribution >= 0.6 is 11.6 Å². The number of amides is 1. The second-order valence-corrected chi connectivity index (χ2v) is 6.28. The van der Waals surface area contributed by atoms with Crippen molar-refractivity contribution in [2.45, 2.75) is 18.9 Å². The van der Waals surface area contributed by atoms with Gasteiger partial charge in [0.25, 0.3) is 11.6 Å². The van der Waals surface area contributed by atoms with Crippen molar-refractivity contribution in [3.05, 3.63) is 63.2 Å². The van der Waals surface area contributed by atoms with Crippen LogP contribution in [0, 0.1) is 10.1 Å². The van der Waals surface area contributed by atoms with E-state index in [1.165, 1.54) is 24.3 Å². The van der Waals surface area contributed by atoms with Crippen LogP contribution in [0.1, 0.15) is 23.2 Å². The molecular formula is C18H17ClN2O5. The quantitative estimate of drug-likeness (QED) is 0.606. The molecule has 1 aliphatic rings. The Bertz CT molecular complexity index is 821.